The number of nitrogens with one attached hydrogen (secondary N) is 2. The lowest BCUT2D eigenvalue weighted by Crippen LogP contribution is -2.42. The van der Waals surface area contributed by atoms with Crippen LogP contribution in [-0.2, 0) is 4.74 Å². The fraction of sp³-hybridized carbons (Fsp3) is 0.407. The van der Waals surface area contributed by atoms with E-state index in [1.165, 1.54) is 12.1 Å². The van der Waals surface area contributed by atoms with Crippen molar-refractivity contribution in [3.63, 3.8) is 0 Å². The highest BCUT2D eigenvalue weighted by molar-refractivity contribution is 5.90. The Labute approximate surface area is 216 Å². The normalized spacial score (nSPS) is 18.5. The lowest BCUT2D eigenvalue weighted by Gasteiger charge is -2.21. The third-order valence-corrected chi connectivity index (χ3v) is 6.39. The molecule has 4 rings (SSSR count). The zero-order chi connectivity index (χ0) is 26.4. The Kier molecular flexibility index (Phi) is 8.75. The van der Waals surface area contributed by atoms with E-state index in [1.807, 2.05) is 37.3 Å². The van der Waals surface area contributed by atoms with Crippen LogP contribution in [0.15, 0.2) is 54.6 Å². The van der Waals surface area contributed by atoms with Gasteiger partial charge in [-0.3, -0.25) is 10.2 Å². The van der Waals surface area contributed by atoms with Crippen LogP contribution >= 0.6 is 0 Å². The van der Waals surface area contributed by atoms with Crippen LogP contribution in [0.5, 0.6) is 5.88 Å². The molecule has 1 unspecified atom stereocenters. The van der Waals surface area contributed by atoms with E-state index in [4.69, 9.17) is 9.47 Å². The second-order valence-electron chi connectivity index (χ2n) is 9.30. The van der Waals surface area contributed by atoms with Gasteiger partial charge in [0.2, 0.25) is 5.88 Å². The molecule has 0 aliphatic carbocycles. The van der Waals surface area contributed by atoms with E-state index >= 15 is 0 Å². The van der Waals surface area contributed by atoms with Crippen molar-refractivity contribution in [2.75, 3.05) is 45.3 Å². The van der Waals surface area contributed by atoms with Crippen LogP contribution < -0.4 is 15.4 Å². The molecule has 9 nitrogen and oxygen atoms in total. The number of ether oxygens (including phenoxy) is 2. The van der Waals surface area contributed by atoms with Gasteiger partial charge < -0.3 is 19.9 Å². The van der Waals surface area contributed by atoms with Crippen molar-refractivity contribution in [2.24, 2.45) is 0 Å². The molecule has 1 fully saturated rings. The number of amides is 2. The van der Waals surface area contributed by atoms with E-state index in [9.17, 15) is 14.3 Å². The number of carbonyl (C=O) groups is 1. The van der Waals surface area contributed by atoms with E-state index in [0.717, 1.165) is 24.3 Å². The summed E-state index contributed by atoms with van der Waals surface area (Å²) in [6.07, 6.45) is -0.659. The zero-order valence-electron chi connectivity index (χ0n) is 21.4. The summed E-state index contributed by atoms with van der Waals surface area (Å²) in [4.78, 5) is 15.5. The van der Waals surface area contributed by atoms with Crippen molar-refractivity contribution in [1.29, 1.82) is 0 Å². The maximum Gasteiger partial charge on any atom is 0.320 e. The second kappa shape index (κ2) is 12.2. The van der Waals surface area contributed by atoms with Crippen molar-refractivity contribution >= 4 is 11.8 Å². The molecule has 2 aromatic carbocycles. The molecular formula is C27H34FN5O4. The molecule has 3 N–H and O–H groups in total. The molecule has 2 heterocycles. The van der Waals surface area contributed by atoms with Gasteiger partial charge in [-0.05, 0) is 43.7 Å². The number of aliphatic hydroxyl groups excluding tert-OH is 1. The summed E-state index contributed by atoms with van der Waals surface area (Å²) in [7, 11) is 1.66. The predicted molar refractivity (Wildman–Crippen MR) is 139 cm³/mol. The summed E-state index contributed by atoms with van der Waals surface area (Å²) < 4.78 is 26.1. The number of benzene rings is 2. The minimum Gasteiger partial charge on any atom is -0.474 e. The van der Waals surface area contributed by atoms with Gasteiger partial charge in [0.25, 0.3) is 0 Å². The Morgan fingerprint density at radius 2 is 1.92 bits per heavy atom. The highest BCUT2D eigenvalue weighted by atomic mass is 19.1. The Morgan fingerprint density at radius 3 is 2.59 bits per heavy atom. The molecule has 3 atom stereocenters. The molecule has 1 saturated heterocycles. The van der Waals surface area contributed by atoms with Crippen LogP contribution in [0, 0.1) is 12.7 Å². The molecule has 10 heteroatoms. The van der Waals surface area contributed by atoms with E-state index in [0.29, 0.717) is 30.4 Å². The largest absolute Gasteiger partial charge is 0.474 e. The van der Waals surface area contributed by atoms with Crippen LogP contribution in [0.2, 0.25) is 0 Å². The summed E-state index contributed by atoms with van der Waals surface area (Å²) in [6.45, 7) is 6.19. The first kappa shape index (κ1) is 26.6. The zero-order valence-corrected chi connectivity index (χ0v) is 21.4. The Balaban J connectivity index is 1.55. The van der Waals surface area contributed by atoms with E-state index in [2.05, 4.69) is 20.6 Å². The third kappa shape index (κ3) is 6.65. The summed E-state index contributed by atoms with van der Waals surface area (Å²) in [6, 6.07) is 15.3. The number of methoxy groups -OCH3 is 1. The van der Waals surface area contributed by atoms with E-state index in [1.54, 1.807) is 30.8 Å². The first-order chi connectivity index (χ1) is 17.9. The highest BCUT2D eigenvalue weighted by Crippen LogP contribution is 2.30. The number of hydrogen-bond donors (Lipinski definition) is 3. The van der Waals surface area contributed by atoms with E-state index < -0.39 is 6.10 Å². The van der Waals surface area contributed by atoms with Gasteiger partial charge in [-0.1, -0.05) is 30.3 Å². The van der Waals surface area contributed by atoms with Crippen molar-refractivity contribution < 1.29 is 23.8 Å². The average Bonchev–Trinajstić information content (AvgIpc) is 3.43. The smallest absolute Gasteiger partial charge is 0.320 e. The van der Waals surface area contributed by atoms with E-state index in [-0.39, 0.29) is 30.4 Å². The Bertz CT molecular complexity index is 1170. The molecule has 1 aromatic heterocycles. The number of carbonyl (C=O) groups excluding carboxylic acids is 1. The third-order valence-electron chi connectivity index (χ3n) is 6.39. The molecule has 0 saturated carbocycles. The summed E-state index contributed by atoms with van der Waals surface area (Å²) in [5.41, 5.74) is 2.36. The number of hydrogen-bond acceptors (Lipinski definition) is 6. The highest BCUT2D eigenvalue weighted by Gasteiger charge is 2.35. The molecule has 0 spiro atoms. The number of para-hydroxylation sites is 1. The molecular weight excluding hydrogens is 477 g/mol. The molecule has 1 aliphatic rings. The van der Waals surface area contributed by atoms with Gasteiger partial charge in [-0.15, -0.1) is 5.10 Å². The van der Waals surface area contributed by atoms with Gasteiger partial charge in [0.15, 0.2) is 0 Å². The Morgan fingerprint density at radius 1 is 1.19 bits per heavy atom. The number of rotatable bonds is 10. The summed E-state index contributed by atoms with van der Waals surface area (Å²) >= 11 is 0. The van der Waals surface area contributed by atoms with Crippen molar-refractivity contribution in [1.82, 2.24) is 20.0 Å². The lowest BCUT2D eigenvalue weighted by molar-refractivity contribution is 0.119. The second-order valence-corrected chi connectivity index (χ2v) is 9.30. The summed E-state index contributed by atoms with van der Waals surface area (Å²) in [5, 5.41) is 20.2. The molecule has 3 aromatic rings. The topological polar surface area (TPSA) is 101 Å². The predicted octanol–water partition coefficient (Wildman–Crippen LogP) is 3.32. The minimum absolute atomic E-state index is 0.00623. The van der Waals surface area contributed by atoms with Crippen LogP contribution in [0.1, 0.15) is 24.0 Å². The van der Waals surface area contributed by atoms with Gasteiger partial charge >= 0.3 is 6.03 Å². The first-order valence-corrected chi connectivity index (χ1v) is 12.4. The van der Waals surface area contributed by atoms with Crippen LogP contribution in [0.4, 0.5) is 15.0 Å². The standard InChI is InChI=1S/C27H34FN5O4/c1-18(34)17-37-26-19(2)25(33(31-26)22-7-5-4-6-8-22)30-27(35)29-24-16-32(13-14-36-3)15-23(24)20-9-11-21(28)12-10-20/h4-12,18,23-24,34H,13-17H2,1-3H3,(H2,29,30,35)/t18?,23-,24+/m0/s1. The molecule has 0 bridgehead atoms. The number of halogens is 1. The fourth-order valence-electron chi connectivity index (χ4n) is 4.51. The maximum absolute atomic E-state index is 13.5. The molecule has 1 aliphatic heterocycles. The van der Waals surface area contributed by atoms with Crippen LogP contribution in [0.25, 0.3) is 5.69 Å². The fourth-order valence-corrected chi connectivity index (χ4v) is 4.51. The van der Waals surface area contributed by atoms with Gasteiger partial charge in [-0.2, -0.15) is 0 Å². The quantitative estimate of drug-likeness (QED) is 0.386. The number of urea groups is 1. The molecule has 0 radical (unpaired) electrons. The number of aliphatic hydroxyl groups is 1. The molecule has 37 heavy (non-hydrogen) atoms. The number of likely N-dealkylation sites (tertiary alicyclic amines) is 1. The summed E-state index contributed by atoms with van der Waals surface area (Å²) in [5.74, 6) is 0.500. The van der Waals surface area contributed by atoms with Gasteiger partial charge in [-0.25, -0.2) is 13.9 Å². The van der Waals surface area contributed by atoms with Crippen molar-refractivity contribution in [3.8, 4) is 11.6 Å². The molecule has 2 amide bonds. The Hall–Kier alpha value is -3.47. The van der Waals surface area contributed by atoms with Crippen LogP contribution in [0.3, 0.4) is 0 Å². The SMILES string of the molecule is COCCN1C[C@@H](NC(=O)Nc2c(C)c(OCC(C)O)nn2-c2ccccc2)[C@H](c2ccc(F)cc2)C1. The average molecular weight is 512 g/mol. The lowest BCUT2D eigenvalue weighted by atomic mass is 9.94. The van der Waals surface area contributed by atoms with Crippen LogP contribution in [-0.4, -0.2) is 77.9 Å². The first-order valence-electron chi connectivity index (χ1n) is 12.4. The minimum atomic E-state index is -0.659. The van der Waals surface area contributed by atoms with Gasteiger partial charge in [0.1, 0.15) is 18.2 Å². The molecule has 198 valence electrons. The monoisotopic (exact) mass is 511 g/mol. The number of anilines is 1. The van der Waals surface area contributed by atoms with Gasteiger partial charge in [0, 0.05) is 32.7 Å². The number of nitrogens with zero attached hydrogens (tertiary/aromatic N) is 3. The van der Waals surface area contributed by atoms with Crippen molar-refractivity contribution in [2.45, 2.75) is 31.9 Å². The van der Waals surface area contributed by atoms with Gasteiger partial charge in [0.05, 0.1) is 30.0 Å². The number of aromatic nitrogens is 2. The van der Waals surface area contributed by atoms with Crippen molar-refractivity contribution in [3.05, 3.63) is 71.5 Å². The maximum atomic E-state index is 13.5.